The monoisotopic (exact) mass is 415 g/mol. The summed E-state index contributed by atoms with van der Waals surface area (Å²) in [5.41, 5.74) is 1.93. The van der Waals surface area contributed by atoms with E-state index in [0.717, 1.165) is 12.8 Å². The summed E-state index contributed by atoms with van der Waals surface area (Å²) in [7, 11) is 0. The van der Waals surface area contributed by atoms with Crippen molar-refractivity contribution >= 4 is 11.8 Å². The van der Waals surface area contributed by atoms with Gasteiger partial charge in [0.1, 0.15) is 6.04 Å². The SMILES string of the molecule is CCCCCCCCCCN[C@@H](CC(=O)c1ccc(C2CCCCC2)cc1)C(=O)O. The number of hydrogen-bond donors (Lipinski definition) is 2. The molecule has 1 aromatic carbocycles. The zero-order valence-corrected chi connectivity index (χ0v) is 18.8. The topological polar surface area (TPSA) is 66.4 Å². The first kappa shape index (κ1) is 24.6. The van der Waals surface area contributed by atoms with E-state index in [1.165, 1.54) is 76.2 Å². The first-order chi connectivity index (χ1) is 14.6. The highest BCUT2D eigenvalue weighted by Gasteiger charge is 2.22. The molecule has 168 valence electrons. The van der Waals surface area contributed by atoms with Crippen molar-refractivity contribution in [1.29, 1.82) is 0 Å². The number of Topliss-reactive ketones (excluding diaryl/α,β-unsaturated/α-hetero) is 1. The van der Waals surface area contributed by atoms with Crippen molar-refractivity contribution < 1.29 is 14.7 Å². The van der Waals surface area contributed by atoms with Crippen LogP contribution in [0.5, 0.6) is 0 Å². The van der Waals surface area contributed by atoms with Gasteiger partial charge in [0.2, 0.25) is 0 Å². The van der Waals surface area contributed by atoms with Crippen LogP contribution < -0.4 is 5.32 Å². The normalized spacial score (nSPS) is 15.8. The second-order valence-corrected chi connectivity index (χ2v) is 8.90. The summed E-state index contributed by atoms with van der Waals surface area (Å²) in [6.45, 7) is 2.88. The highest BCUT2D eigenvalue weighted by Crippen LogP contribution is 2.32. The average molecular weight is 416 g/mol. The van der Waals surface area contributed by atoms with Crippen molar-refractivity contribution in [3.63, 3.8) is 0 Å². The first-order valence-corrected chi connectivity index (χ1v) is 12.2. The summed E-state index contributed by atoms with van der Waals surface area (Å²) in [4.78, 5) is 24.2. The number of aliphatic carboxylic acids is 1. The van der Waals surface area contributed by atoms with Crippen LogP contribution in [0.3, 0.4) is 0 Å². The molecule has 1 saturated carbocycles. The fraction of sp³-hybridized carbons (Fsp3) is 0.692. The number of hydrogen-bond acceptors (Lipinski definition) is 3. The van der Waals surface area contributed by atoms with Crippen molar-refractivity contribution in [2.75, 3.05) is 6.54 Å². The molecule has 2 N–H and O–H groups in total. The maximum absolute atomic E-state index is 12.6. The molecule has 0 saturated heterocycles. The van der Waals surface area contributed by atoms with Crippen LogP contribution >= 0.6 is 0 Å². The average Bonchev–Trinajstić information content (AvgIpc) is 2.77. The molecule has 0 radical (unpaired) electrons. The Kier molecular flexibility index (Phi) is 11.8. The molecule has 1 aromatic rings. The fourth-order valence-electron chi connectivity index (χ4n) is 4.46. The molecule has 2 rings (SSSR count). The molecular weight excluding hydrogens is 374 g/mol. The number of nitrogens with one attached hydrogen (secondary N) is 1. The molecule has 4 heteroatoms. The Morgan fingerprint density at radius 1 is 0.933 bits per heavy atom. The van der Waals surface area contributed by atoms with E-state index in [2.05, 4.69) is 24.4 Å². The molecule has 0 unspecified atom stereocenters. The van der Waals surface area contributed by atoms with Gasteiger partial charge in [0, 0.05) is 12.0 Å². The third-order valence-corrected chi connectivity index (χ3v) is 6.42. The number of carbonyl (C=O) groups is 2. The number of rotatable bonds is 15. The van der Waals surface area contributed by atoms with Gasteiger partial charge >= 0.3 is 5.97 Å². The molecule has 0 bridgehead atoms. The maximum Gasteiger partial charge on any atom is 0.321 e. The summed E-state index contributed by atoms with van der Waals surface area (Å²) in [5.74, 6) is -0.425. The molecule has 1 atom stereocenters. The van der Waals surface area contributed by atoms with E-state index in [9.17, 15) is 14.7 Å². The number of carbonyl (C=O) groups excluding carboxylic acids is 1. The predicted molar refractivity (Wildman–Crippen MR) is 123 cm³/mol. The number of carboxylic acids is 1. The minimum Gasteiger partial charge on any atom is -0.480 e. The molecule has 0 heterocycles. The lowest BCUT2D eigenvalue weighted by atomic mass is 9.84. The number of benzene rings is 1. The fourth-order valence-corrected chi connectivity index (χ4v) is 4.46. The molecule has 1 fully saturated rings. The summed E-state index contributed by atoms with van der Waals surface area (Å²) in [6, 6.07) is 7.08. The predicted octanol–water partition coefficient (Wildman–Crippen LogP) is 6.49. The van der Waals surface area contributed by atoms with Gasteiger partial charge in [0.05, 0.1) is 0 Å². The van der Waals surface area contributed by atoms with Crippen LogP contribution in [0, 0.1) is 0 Å². The molecular formula is C26H41NO3. The summed E-state index contributed by atoms with van der Waals surface area (Å²) in [5, 5.41) is 12.6. The summed E-state index contributed by atoms with van der Waals surface area (Å²) < 4.78 is 0. The maximum atomic E-state index is 12.6. The van der Waals surface area contributed by atoms with Gasteiger partial charge in [-0.2, -0.15) is 0 Å². The molecule has 0 spiro atoms. The Hall–Kier alpha value is -1.68. The van der Waals surface area contributed by atoms with Crippen LogP contribution in [0.15, 0.2) is 24.3 Å². The van der Waals surface area contributed by atoms with Crippen molar-refractivity contribution in [3.8, 4) is 0 Å². The van der Waals surface area contributed by atoms with Gasteiger partial charge in [-0.05, 0) is 37.3 Å². The van der Waals surface area contributed by atoms with Crippen LogP contribution in [0.4, 0.5) is 0 Å². The smallest absolute Gasteiger partial charge is 0.321 e. The Labute approximate surface area is 182 Å². The van der Waals surface area contributed by atoms with Gasteiger partial charge in [0.25, 0.3) is 0 Å². The largest absolute Gasteiger partial charge is 0.480 e. The highest BCUT2D eigenvalue weighted by atomic mass is 16.4. The summed E-state index contributed by atoms with van der Waals surface area (Å²) >= 11 is 0. The van der Waals surface area contributed by atoms with Gasteiger partial charge in [-0.3, -0.25) is 9.59 Å². The van der Waals surface area contributed by atoms with Gasteiger partial charge in [-0.15, -0.1) is 0 Å². The molecule has 30 heavy (non-hydrogen) atoms. The molecule has 0 aromatic heterocycles. The van der Waals surface area contributed by atoms with Gasteiger partial charge in [-0.25, -0.2) is 0 Å². The lowest BCUT2D eigenvalue weighted by Gasteiger charge is -2.22. The third kappa shape index (κ3) is 8.99. The van der Waals surface area contributed by atoms with E-state index >= 15 is 0 Å². The highest BCUT2D eigenvalue weighted by molar-refractivity contribution is 5.98. The van der Waals surface area contributed by atoms with Crippen LogP contribution in [0.1, 0.15) is 119 Å². The van der Waals surface area contributed by atoms with Crippen molar-refractivity contribution in [3.05, 3.63) is 35.4 Å². The van der Waals surface area contributed by atoms with Crippen LogP contribution in [-0.2, 0) is 4.79 Å². The molecule has 4 nitrogen and oxygen atoms in total. The zero-order chi connectivity index (χ0) is 21.6. The van der Waals surface area contributed by atoms with Crippen LogP contribution in [0.25, 0.3) is 0 Å². The lowest BCUT2D eigenvalue weighted by Crippen LogP contribution is -2.39. The minimum absolute atomic E-state index is 0.00905. The van der Waals surface area contributed by atoms with Crippen LogP contribution in [-0.4, -0.2) is 29.4 Å². The van der Waals surface area contributed by atoms with Gasteiger partial charge < -0.3 is 10.4 Å². The number of ketones is 1. The van der Waals surface area contributed by atoms with E-state index in [0.29, 0.717) is 18.0 Å². The second kappa shape index (κ2) is 14.3. The van der Waals surface area contributed by atoms with Crippen LogP contribution in [0.2, 0.25) is 0 Å². The van der Waals surface area contributed by atoms with E-state index in [1.54, 1.807) is 0 Å². The first-order valence-electron chi connectivity index (χ1n) is 12.2. The van der Waals surface area contributed by atoms with Gasteiger partial charge in [-0.1, -0.05) is 95.4 Å². The molecule has 0 amide bonds. The van der Waals surface area contributed by atoms with E-state index in [-0.39, 0.29) is 12.2 Å². The Bertz CT molecular complexity index is 620. The van der Waals surface area contributed by atoms with E-state index in [4.69, 9.17) is 0 Å². The van der Waals surface area contributed by atoms with E-state index in [1.807, 2.05) is 12.1 Å². The standard InChI is InChI=1S/C26H41NO3/c1-2-3-4-5-6-7-8-12-19-27-24(26(29)30)20-25(28)23-17-15-22(16-18-23)21-13-10-9-11-14-21/h15-18,21,24,27H,2-14,19-20H2,1H3,(H,29,30)/t24-/m0/s1. The Morgan fingerprint density at radius 2 is 1.53 bits per heavy atom. The quantitative estimate of drug-likeness (QED) is 0.254. The van der Waals surface area contributed by atoms with Crippen molar-refractivity contribution in [1.82, 2.24) is 5.32 Å². The van der Waals surface area contributed by atoms with Gasteiger partial charge in [0.15, 0.2) is 5.78 Å². The molecule has 1 aliphatic carbocycles. The number of carboxylic acid groups (broad SMARTS) is 1. The second-order valence-electron chi connectivity index (χ2n) is 8.90. The zero-order valence-electron chi connectivity index (χ0n) is 18.8. The number of unbranched alkanes of at least 4 members (excludes halogenated alkanes) is 7. The minimum atomic E-state index is -0.943. The lowest BCUT2D eigenvalue weighted by molar-refractivity contribution is -0.139. The summed E-state index contributed by atoms with van der Waals surface area (Å²) in [6.07, 6.45) is 16.1. The third-order valence-electron chi connectivity index (χ3n) is 6.42. The Balaban J connectivity index is 1.70. The van der Waals surface area contributed by atoms with Crippen molar-refractivity contribution in [2.24, 2.45) is 0 Å². The van der Waals surface area contributed by atoms with Crippen molar-refractivity contribution in [2.45, 2.75) is 109 Å². The molecule has 1 aliphatic rings. The molecule has 0 aliphatic heterocycles. The Morgan fingerprint density at radius 3 is 2.13 bits per heavy atom. The van der Waals surface area contributed by atoms with E-state index < -0.39 is 12.0 Å².